The third-order valence-corrected chi connectivity index (χ3v) is 7.78. The Morgan fingerprint density at radius 1 is 1.03 bits per heavy atom. The van der Waals surface area contributed by atoms with E-state index in [1.165, 1.54) is 5.56 Å². The molecule has 1 fully saturated rings. The zero-order valence-corrected chi connectivity index (χ0v) is 21.5. The number of fused-ring (bicyclic) bond motifs is 1. The highest BCUT2D eigenvalue weighted by Crippen LogP contribution is 2.22. The number of hydrogen-bond donors (Lipinski definition) is 0. The van der Waals surface area contributed by atoms with E-state index in [0.29, 0.717) is 12.3 Å². The van der Waals surface area contributed by atoms with Gasteiger partial charge in [0.2, 0.25) is 0 Å². The Morgan fingerprint density at radius 2 is 1.76 bits per heavy atom. The van der Waals surface area contributed by atoms with Gasteiger partial charge in [0, 0.05) is 45.3 Å². The maximum Gasteiger partial charge on any atom is 0.150 e. The van der Waals surface area contributed by atoms with Gasteiger partial charge in [0.15, 0.2) is 0 Å². The Morgan fingerprint density at radius 3 is 2.47 bits per heavy atom. The van der Waals surface area contributed by atoms with Gasteiger partial charge in [-0.3, -0.25) is 9.69 Å². The maximum atomic E-state index is 11.3. The van der Waals surface area contributed by atoms with Gasteiger partial charge in [-0.25, -0.2) is 4.68 Å². The standard InChI is InChI=1S/C27H35N3O3Si/c1-34(2,3)17-16-33-21-30-27-18-24(20-31)8-10-25(27)26(28-30)11-9-22-4-6-23(7-5-22)19-29-12-14-32-15-13-29/h4-11,18,20H,12-17,19,21H2,1-3H3. The summed E-state index contributed by atoms with van der Waals surface area (Å²) < 4.78 is 13.2. The molecule has 2 aromatic carbocycles. The van der Waals surface area contributed by atoms with Crippen molar-refractivity contribution in [3.63, 3.8) is 0 Å². The van der Waals surface area contributed by atoms with Crippen molar-refractivity contribution >= 4 is 37.4 Å². The molecule has 3 aromatic rings. The first-order valence-electron chi connectivity index (χ1n) is 12.0. The molecule has 0 unspecified atom stereocenters. The second-order valence-electron chi connectivity index (χ2n) is 10.1. The molecule has 6 nitrogen and oxygen atoms in total. The van der Waals surface area contributed by atoms with Crippen LogP contribution in [0.1, 0.15) is 27.2 Å². The molecule has 34 heavy (non-hydrogen) atoms. The molecule has 180 valence electrons. The van der Waals surface area contributed by atoms with E-state index in [-0.39, 0.29) is 0 Å². The SMILES string of the molecule is C[Si](C)(C)CCOCn1nc(C=Cc2ccc(CN3CCOCC3)cc2)c2ccc(C=O)cc21. The maximum absolute atomic E-state index is 11.3. The van der Waals surface area contributed by atoms with Crippen molar-refractivity contribution in [2.24, 2.45) is 0 Å². The summed E-state index contributed by atoms with van der Waals surface area (Å²) in [7, 11) is -1.15. The summed E-state index contributed by atoms with van der Waals surface area (Å²) in [5.41, 5.74) is 4.87. The third-order valence-electron chi connectivity index (χ3n) is 6.07. The number of hydrogen-bond acceptors (Lipinski definition) is 5. The zero-order valence-electron chi connectivity index (χ0n) is 20.5. The first-order chi connectivity index (χ1) is 16.4. The fourth-order valence-corrected chi connectivity index (χ4v) is 4.72. The largest absolute Gasteiger partial charge is 0.379 e. The van der Waals surface area contributed by atoms with Crippen molar-refractivity contribution in [2.45, 2.75) is 39.0 Å². The summed E-state index contributed by atoms with van der Waals surface area (Å²) >= 11 is 0. The lowest BCUT2D eigenvalue weighted by atomic mass is 10.1. The number of aldehydes is 1. The molecule has 0 spiro atoms. The van der Waals surface area contributed by atoms with Gasteiger partial charge in [-0.05, 0) is 35.4 Å². The summed E-state index contributed by atoms with van der Waals surface area (Å²) in [6.45, 7) is 12.7. The zero-order chi connectivity index (χ0) is 24.0. The van der Waals surface area contributed by atoms with Crippen molar-refractivity contribution in [3.05, 3.63) is 64.8 Å². The predicted octanol–water partition coefficient (Wildman–Crippen LogP) is 5.16. The number of aromatic nitrogens is 2. The van der Waals surface area contributed by atoms with Gasteiger partial charge in [-0.15, -0.1) is 0 Å². The van der Waals surface area contributed by atoms with Crippen LogP contribution in [0.15, 0.2) is 42.5 Å². The first-order valence-corrected chi connectivity index (χ1v) is 15.7. The molecular formula is C27H35N3O3Si. The van der Waals surface area contributed by atoms with Gasteiger partial charge < -0.3 is 9.47 Å². The molecule has 0 atom stereocenters. The van der Waals surface area contributed by atoms with Crippen molar-refractivity contribution in [1.29, 1.82) is 0 Å². The number of rotatable bonds is 10. The van der Waals surface area contributed by atoms with Gasteiger partial charge in [0.1, 0.15) is 13.0 Å². The smallest absolute Gasteiger partial charge is 0.150 e. The Kier molecular flexibility index (Phi) is 8.10. The minimum Gasteiger partial charge on any atom is -0.379 e. The second-order valence-corrected chi connectivity index (χ2v) is 15.7. The monoisotopic (exact) mass is 477 g/mol. The molecule has 4 rings (SSSR count). The molecule has 2 heterocycles. The van der Waals surface area contributed by atoms with Crippen LogP contribution in [0.2, 0.25) is 25.7 Å². The number of nitrogens with zero attached hydrogens (tertiary/aromatic N) is 3. The van der Waals surface area contributed by atoms with E-state index in [1.54, 1.807) is 0 Å². The second kappa shape index (κ2) is 11.2. The Balaban J connectivity index is 1.47. The van der Waals surface area contributed by atoms with Crippen LogP contribution in [-0.4, -0.2) is 62.0 Å². The summed E-state index contributed by atoms with van der Waals surface area (Å²) in [4.78, 5) is 13.7. The summed E-state index contributed by atoms with van der Waals surface area (Å²) in [5.74, 6) is 0. The summed E-state index contributed by atoms with van der Waals surface area (Å²) in [6.07, 6.45) is 5.00. The van der Waals surface area contributed by atoms with Crippen molar-refractivity contribution in [1.82, 2.24) is 14.7 Å². The van der Waals surface area contributed by atoms with E-state index in [1.807, 2.05) is 29.0 Å². The molecule has 0 amide bonds. The van der Waals surface area contributed by atoms with E-state index < -0.39 is 8.07 Å². The predicted molar refractivity (Wildman–Crippen MR) is 141 cm³/mol. The Labute approximate surface area is 203 Å². The Hall–Kier alpha value is -2.58. The van der Waals surface area contributed by atoms with Crippen molar-refractivity contribution < 1.29 is 14.3 Å². The van der Waals surface area contributed by atoms with E-state index in [9.17, 15) is 4.79 Å². The minimum atomic E-state index is -1.15. The van der Waals surface area contributed by atoms with Crippen LogP contribution >= 0.6 is 0 Å². The quantitative estimate of drug-likeness (QED) is 0.229. The van der Waals surface area contributed by atoms with E-state index >= 15 is 0 Å². The van der Waals surface area contributed by atoms with Crippen LogP contribution in [0.4, 0.5) is 0 Å². The lowest BCUT2D eigenvalue weighted by molar-refractivity contribution is 0.0342. The van der Waals surface area contributed by atoms with Crippen LogP contribution in [0.25, 0.3) is 23.1 Å². The fraction of sp³-hybridized carbons (Fsp3) is 0.407. The molecule has 1 saturated heterocycles. The van der Waals surface area contributed by atoms with E-state index in [0.717, 1.165) is 73.9 Å². The number of ether oxygens (including phenoxy) is 2. The first kappa shape index (κ1) is 24.5. The van der Waals surface area contributed by atoms with Crippen LogP contribution in [-0.2, 0) is 22.7 Å². The van der Waals surface area contributed by atoms with Crippen LogP contribution in [0, 0.1) is 0 Å². The van der Waals surface area contributed by atoms with Gasteiger partial charge in [-0.2, -0.15) is 5.10 Å². The van der Waals surface area contributed by atoms with Crippen LogP contribution in [0.3, 0.4) is 0 Å². The number of morpholine rings is 1. The van der Waals surface area contributed by atoms with Crippen molar-refractivity contribution in [3.8, 4) is 0 Å². The highest BCUT2D eigenvalue weighted by molar-refractivity contribution is 6.76. The molecular weight excluding hydrogens is 442 g/mol. The number of carbonyl (C=O) groups is 1. The Bertz CT molecular complexity index is 1130. The van der Waals surface area contributed by atoms with Crippen molar-refractivity contribution in [2.75, 3.05) is 32.9 Å². The molecule has 0 bridgehead atoms. The lowest BCUT2D eigenvalue weighted by Crippen LogP contribution is -2.35. The topological polar surface area (TPSA) is 56.6 Å². The van der Waals surface area contributed by atoms with Gasteiger partial charge in [0.25, 0.3) is 0 Å². The molecule has 0 saturated carbocycles. The molecule has 1 aliphatic heterocycles. The molecule has 0 N–H and O–H groups in total. The molecule has 7 heteroatoms. The molecule has 1 aromatic heterocycles. The van der Waals surface area contributed by atoms with Gasteiger partial charge in [0.05, 0.1) is 24.4 Å². The number of benzene rings is 2. The highest BCUT2D eigenvalue weighted by Gasteiger charge is 2.14. The van der Waals surface area contributed by atoms with Gasteiger partial charge in [-0.1, -0.05) is 56.0 Å². The average Bonchev–Trinajstić information content (AvgIpc) is 3.18. The molecule has 0 aliphatic carbocycles. The van der Waals surface area contributed by atoms with E-state index in [2.05, 4.69) is 54.9 Å². The van der Waals surface area contributed by atoms with Crippen LogP contribution in [0.5, 0.6) is 0 Å². The van der Waals surface area contributed by atoms with Crippen LogP contribution < -0.4 is 0 Å². The van der Waals surface area contributed by atoms with Gasteiger partial charge >= 0.3 is 0 Å². The minimum absolute atomic E-state index is 0.382. The average molecular weight is 478 g/mol. The summed E-state index contributed by atoms with van der Waals surface area (Å²) in [6, 6.07) is 15.5. The third kappa shape index (κ3) is 6.73. The fourth-order valence-electron chi connectivity index (χ4n) is 3.97. The van der Waals surface area contributed by atoms with E-state index in [4.69, 9.17) is 14.6 Å². The number of carbonyl (C=O) groups excluding carboxylic acids is 1. The highest BCUT2D eigenvalue weighted by atomic mass is 28.3. The molecule has 1 aliphatic rings. The summed E-state index contributed by atoms with van der Waals surface area (Å²) in [5, 5.41) is 5.80. The lowest BCUT2D eigenvalue weighted by Gasteiger charge is -2.26. The molecule has 0 radical (unpaired) electrons. The normalized spacial score (nSPS) is 15.4.